The largest absolute Gasteiger partial charge is 0.478 e. The number of hydrogen-bond acceptors (Lipinski definition) is 3. The Balaban J connectivity index is 2.08. The maximum atomic E-state index is 12.1. The molecule has 0 unspecified atom stereocenters. The number of para-hydroxylation sites is 1. The number of carboxylic acid groups (broad SMARTS) is 1. The molecule has 1 aromatic heterocycles. The molecule has 0 aliphatic rings. The number of aromatic carboxylic acids is 1. The molecule has 104 valence electrons. The van der Waals surface area contributed by atoms with E-state index in [9.17, 15) is 9.59 Å². The zero-order valence-electron chi connectivity index (χ0n) is 11.1. The maximum absolute atomic E-state index is 12.1. The second-order valence-electron chi connectivity index (χ2n) is 4.33. The molecule has 1 heterocycles. The number of aryl methyl sites for hydroxylation is 1. The van der Waals surface area contributed by atoms with Gasteiger partial charge in [-0.15, -0.1) is 0 Å². The van der Waals surface area contributed by atoms with E-state index in [4.69, 9.17) is 5.11 Å². The number of nitrogens with zero attached hydrogens (tertiary/aromatic N) is 3. The first kappa shape index (κ1) is 13.8. The average Bonchev–Trinajstić information content (AvgIpc) is 2.97. The molecule has 0 bridgehead atoms. The number of aromatic nitrogens is 2. The molecule has 0 saturated heterocycles. The standard InChI is InChI=1S/C14H15N3O3/c1-16(12-5-3-2-4-11(12)14(19)20)13(18)6-8-17-9-7-15-10-17/h2-5,7,9-10H,6,8H2,1H3,(H,19,20). The zero-order valence-corrected chi connectivity index (χ0v) is 11.1. The van der Waals surface area contributed by atoms with Crippen LogP contribution >= 0.6 is 0 Å². The van der Waals surface area contributed by atoms with Crippen LogP contribution in [0.5, 0.6) is 0 Å². The molecule has 6 heteroatoms. The summed E-state index contributed by atoms with van der Waals surface area (Å²) in [4.78, 5) is 28.5. The highest BCUT2D eigenvalue weighted by Crippen LogP contribution is 2.19. The number of carbonyl (C=O) groups is 2. The first-order valence-corrected chi connectivity index (χ1v) is 6.14. The molecule has 1 N–H and O–H groups in total. The molecule has 2 aromatic rings. The highest BCUT2D eigenvalue weighted by molar-refractivity contribution is 6.01. The summed E-state index contributed by atoms with van der Waals surface area (Å²) >= 11 is 0. The Morgan fingerprint density at radius 1 is 1.35 bits per heavy atom. The van der Waals surface area contributed by atoms with Crippen molar-refractivity contribution in [2.45, 2.75) is 13.0 Å². The molecule has 6 nitrogen and oxygen atoms in total. The van der Waals surface area contributed by atoms with Gasteiger partial charge in [-0.2, -0.15) is 0 Å². The Kier molecular flexibility index (Phi) is 4.14. The van der Waals surface area contributed by atoms with Crippen LogP contribution in [-0.4, -0.2) is 33.6 Å². The number of carbonyl (C=O) groups excluding carboxylic acids is 1. The molecule has 0 atom stereocenters. The van der Waals surface area contributed by atoms with Gasteiger partial charge >= 0.3 is 5.97 Å². The lowest BCUT2D eigenvalue weighted by Crippen LogP contribution is -2.28. The lowest BCUT2D eigenvalue weighted by Gasteiger charge is -2.19. The molecule has 0 saturated carbocycles. The van der Waals surface area contributed by atoms with Gasteiger partial charge in [0.15, 0.2) is 0 Å². The molecule has 0 radical (unpaired) electrons. The van der Waals surface area contributed by atoms with E-state index >= 15 is 0 Å². The number of imidazole rings is 1. The first-order chi connectivity index (χ1) is 9.59. The maximum Gasteiger partial charge on any atom is 0.337 e. The van der Waals surface area contributed by atoms with Gasteiger partial charge in [0.2, 0.25) is 5.91 Å². The van der Waals surface area contributed by atoms with Gasteiger partial charge in [0.1, 0.15) is 0 Å². The summed E-state index contributed by atoms with van der Waals surface area (Å²) in [6, 6.07) is 6.45. The van der Waals surface area contributed by atoms with E-state index in [1.807, 2.05) is 0 Å². The number of carboxylic acids is 1. The van der Waals surface area contributed by atoms with E-state index in [2.05, 4.69) is 4.98 Å². The van der Waals surface area contributed by atoms with E-state index < -0.39 is 5.97 Å². The fourth-order valence-corrected chi connectivity index (χ4v) is 1.89. The van der Waals surface area contributed by atoms with E-state index in [1.54, 1.807) is 48.5 Å². The predicted octanol–water partition coefficient (Wildman–Crippen LogP) is 1.63. The summed E-state index contributed by atoms with van der Waals surface area (Å²) < 4.78 is 1.80. The second-order valence-corrected chi connectivity index (χ2v) is 4.33. The number of benzene rings is 1. The van der Waals surface area contributed by atoms with Crippen LogP contribution in [-0.2, 0) is 11.3 Å². The van der Waals surface area contributed by atoms with Crippen LogP contribution in [0.25, 0.3) is 0 Å². The van der Waals surface area contributed by atoms with Crippen LogP contribution < -0.4 is 4.90 Å². The number of anilines is 1. The van der Waals surface area contributed by atoms with Crippen molar-refractivity contribution < 1.29 is 14.7 Å². The number of rotatable bonds is 5. The molecule has 2 rings (SSSR count). The SMILES string of the molecule is CN(C(=O)CCn1ccnc1)c1ccccc1C(=O)O. The summed E-state index contributed by atoms with van der Waals surface area (Å²) in [7, 11) is 1.58. The molecule has 0 fully saturated rings. The summed E-state index contributed by atoms with van der Waals surface area (Å²) in [6.07, 6.45) is 5.34. The number of hydrogen-bond donors (Lipinski definition) is 1. The quantitative estimate of drug-likeness (QED) is 0.898. The third kappa shape index (κ3) is 3.03. The summed E-state index contributed by atoms with van der Waals surface area (Å²) in [5.41, 5.74) is 0.515. The van der Waals surface area contributed by atoms with Crippen LogP contribution in [0.3, 0.4) is 0 Å². The topological polar surface area (TPSA) is 75.4 Å². The minimum Gasteiger partial charge on any atom is -0.478 e. The van der Waals surface area contributed by atoms with E-state index in [0.717, 1.165) is 0 Å². The molecule has 1 amide bonds. The van der Waals surface area contributed by atoms with Crippen LogP contribution in [0, 0.1) is 0 Å². The lowest BCUT2D eigenvalue weighted by atomic mass is 10.1. The smallest absolute Gasteiger partial charge is 0.337 e. The summed E-state index contributed by atoms with van der Waals surface area (Å²) in [5.74, 6) is -1.19. The van der Waals surface area contributed by atoms with Gasteiger partial charge in [0, 0.05) is 32.4 Å². The monoisotopic (exact) mass is 273 g/mol. The van der Waals surface area contributed by atoms with Crippen molar-refractivity contribution in [3.63, 3.8) is 0 Å². The lowest BCUT2D eigenvalue weighted by molar-refractivity contribution is -0.118. The van der Waals surface area contributed by atoms with Crippen LogP contribution in [0.1, 0.15) is 16.8 Å². The van der Waals surface area contributed by atoms with Crippen LogP contribution in [0.15, 0.2) is 43.0 Å². The Labute approximate surface area is 116 Å². The molecule has 0 aliphatic heterocycles. The third-order valence-corrected chi connectivity index (χ3v) is 3.01. The van der Waals surface area contributed by atoms with Crippen molar-refractivity contribution in [2.75, 3.05) is 11.9 Å². The Morgan fingerprint density at radius 2 is 2.10 bits per heavy atom. The van der Waals surface area contributed by atoms with Crippen LogP contribution in [0.4, 0.5) is 5.69 Å². The Bertz CT molecular complexity index is 608. The van der Waals surface area contributed by atoms with Crippen molar-refractivity contribution in [3.8, 4) is 0 Å². The molecule has 20 heavy (non-hydrogen) atoms. The normalized spacial score (nSPS) is 10.2. The van der Waals surface area contributed by atoms with Gasteiger partial charge in [-0.1, -0.05) is 12.1 Å². The number of amides is 1. The molecule has 1 aromatic carbocycles. The van der Waals surface area contributed by atoms with Gasteiger partial charge < -0.3 is 14.6 Å². The van der Waals surface area contributed by atoms with Gasteiger partial charge in [-0.25, -0.2) is 9.78 Å². The van der Waals surface area contributed by atoms with Crippen molar-refractivity contribution >= 4 is 17.6 Å². The van der Waals surface area contributed by atoms with E-state index in [-0.39, 0.29) is 17.9 Å². The van der Waals surface area contributed by atoms with Crippen molar-refractivity contribution in [1.82, 2.24) is 9.55 Å². The fourth-order valence-electron chi connectivity index (χ4n) is 1.89. The van der Waals surface area contributed by atoms with E-state index in [0.29, 0.717) is 12.2 Å². The van der Waals surface area contributed by atoms with Gasteiger partial charge in [0.05, 0.1) is 17.6 Å². The second kappa shape index (κ2) is 6.01. The van der Waals surface area contributed by atoms with Gasteiger partial charge in [-0.05, 0) is 12.1 Å². The molecule has 0 aliphatic carbocycles. The molecular formula is C14H15N3O3. The highest BCUT2D eigenvalue weighted by Gasteiger charge is 2.17. The van der Waals surface area contributed by atoms with Crippen LogP contribution in [0.2, 0.25) is 0 Å². The van der Waals surface area contributed by atoms with Gasteiger partial charge in [0.25, 0.3) is 0 Å². The molecule has 0 spiro atoms. The Hall–Kier alpha value is -2.63. The minimum absolute atomic E-state index is 0.117. The van der Waals surface area contributed by atoms with Crippen molar-refractivity contribution in [2.24, 2.45) is 0 Å². The third-order valence-electron chi connectivity index (χ3n) is 3.01. The predicted molar refractivity (Wildman–Crippen MR) is 73.7 cm³/mol. The molecular weight excluding hydrogens is 258 g/mol. The minimum atomic E-state index is -1.05. The van der Waals surface area contributed by atoms with E-state index in [1.165, 1.54) is 11.0 Å². The zero-order chi connectivity index (χ0) is 14.5. The Morgan fingerprint density at radius 3 is 2.75 bits per heavy atom. The van der Waals surface area contributed by atoms with Crippen molar-refractivity contribution in [3.05, 3.63) is 48.5 Å². The summed E-state index contributed by atoms with van der Waals surface area (Å²) in [5, 5.41) is 9.13. The van der Waals surface area contributed by atoms with Gasteiger partial charge in [-0.3, -0.25) is 4.79 Å². The first-order valence-electron chi connectivity index (χ1n) is 6.14. The summed E-state index contributed by atoms with van der Waals surface area (Å²) in [6.45, 7) is 0.512. The highest BCUT2D eigenvalue weighted by atomic mass is 16.4. The fraction of sp³-hybridized carbons (Fsp3) is 0.214. The average molecular weight is 273 g/mol. The van der Waals surface area contributed by atoms with Crippen molar-refractivity contribution in [1.29, 1.82) is 0 Å².